The molecule has 1 aromatic carbocycles. The Morgan fingerprint density at radius 2 is 2.33 bits per heavy atom. The summed E-state index contributed by atoms with van der Waals surface area (Å²) in [4.78, 5) is 14.2. The number of carbonyl (C=O) groups excluding carboxylic acids is 1. The lowest BCUT2D eigenvalue weighted by Gasteiger charge is -2.32. The molecule has 2 rings (SSSR count). The standard InChI is InChI=1S/C14H18ClNO2/c1-2-10-4-3-7-16(9-10)14(18)11-5-6-13(17)12(15)8-11/h5-6,8,10,17H,2-4,7,9H2,1H3. The van der Waals surface area contributed by atoms with E-state index in [-0.39, 0.29) is 16.7 Å². The van der Waals surface area contributed by atoms with Crippen LogP contribution in [-0.2, 0) is 0 Å². The van der Waals surface area contributed by atoms with Gasteiger partial charge in [-0.15, -0.1) is 0 Å². The minimum absolute atomic E-state index is 0.00931. The van der Waals surface area contributed by atoms with E-state index in [4.69, 9.17) is 11.6 Å². The van der Waals surface area contributed by atoms with Gasteiger partial charge in [-0.1, -0.05) is 24.9 Å². The van der Waals surface area contributed by atoms with Gasteiger partial charge in [-0.25, -0.2) is 0 Å². The molecule has 1 unspecified atom stereocenters. The highest BCUT2D eigenvalue weighted by Crippen LogP contribution is 2.26. The molecular weight excluding hydrogens is 250 g/mol. The monoisotopic (exact) mass is 267 g/mol. The van der Waals surface area contributed by atoms with Crippen LogP contribution in [0.3, 0.4) is 0 Å². The number of amides is 1. The minimum Gasteiger partial charge on any atom is -0.506 e. The average Bonchev–Trinajstić information content (AvgIpc) is 2.41. The van der Waals surface area contributed by atoms with Crippen LogP contribution < -0.4 is 0 Å². The molecule has 1 amide bonds. The van der Waals surface area contributed by atoms with Crippen molar-refractivity contribution in [3.8, 4) is 5.75 Å². The molecule has 1 N–H and O–H groups in total. The highest BCUT2D eigenvalue weighted by atomic mass is 35.5. The van der Waals surface area contributed by atoms with Gasteiger partial charge in [0.05, 0.1) is 5.02 Å². The molecule has 0 aromatic heterocycles. The van der Waals surface area contributed by atoms with E-state index in [2.05, 4.69) is 6.92 Å². The molecule has 0 saturated carbocycles. The fraction of sp³-hybridized carbons (Fsp3) is 0.500. The molecular formula is C14H18ClNO2. The van der Waals surface area contributed by atoms with Crippen LogP contribution in [0.2, 0.25) is 5.02 Å². The van der Waals surface area contributed by atoms with Gasteiger partial charge in [0.2, 0.25) is 0 Å². The molecule has 0 spiro atoms. The van der Waals surface area contributed by atoms with E-state index in [1.165, 1.54) is 18.6 Å². The van der Waals surface area contributed by atoms with Crippen LogP contribution in [0.25, 0.3) is 0 Å². The van der Waals surface area contributed by atoms with E-state index >= 15 is 0 Å². The quantitative estimate of drug-likeness (QED) is 0.893. The SMILES string of the molecule is CCC1CCCN(C(=O)c2ccc(O)c(Cl)c2)C1. The summed E-state index contributed by atoms with van der Waals surface area (Å²) in [5.41, 5.74) is 0.551. The van der Waals surface area contributed by atoms with E-state index in [1.807, 2.05) is 4.90 Å². The third kappa shape index (κ3) is 2.78. The first-order chi connectivity index (χ1) is 8.61. The number of hydrogen-bond donors (Lipinski definition) is 1. The molecule has 1 fully saturated rings. The molecule has 18 heavy (non-hydrogen) atoms. The number of phenols is 1. The van der Waals surface area contributed by atoms with Crippen LogP contribution in [0.5, 0.6) is 5.75 Å². The van der Waals surface area contributed by atoms with Gasteiger partial charge in [-0.3, -0.25) is 4.79 Å². The topological polar surface area (TPSA) is 40.5 Å². The summed E-state index contributed by atoms with van der Waals surface area (Å²) in [5.74, 6) is 0.628. The van der Waals surface area contributed by atoms with Crippen molar-refractivity contribution in [1.82, 2.24) is 4.90 Å². The van der Waals surface area contributed by atoms with Crippen molar-refractivity contribution in [2.45, 2.75) is 26.2 Å². The van der Waals surface area contributed by atoms with Crippen molar-refractivity contribution < 1.29 is 9.90 Å². The molecule has 1 aliphatic rings. The number of aromatic hydroxyl groups is 1. The number of rotatable bonds is 2. The van der Waals surface area contributed by atoms with Gasteiger partial charge in [0.1, 0.15) is 5.75 Å². The van der Waals surface area contributed by atoms with Crippen LogP contribution in [0.4, 0.5) is 0 Å². The fourth-order valence-corrected chi connectivity index (χ4v) is 2.59. The number of benzene rings is 1. The summed E-state index contributed by atoms with van der Waals surface area (Å²) in [6.45, 7) is 3.80. The zero-order chi connectivity index (χ0) is 13.1. The summed E-state index contributed by atoms with van der Waals surface area (Å²) < 4.78 is 0. The van der Waals surface area contributed by atoms with Crippen molar-refractivity contribution in [3.63, 3.8) is 0 Å². The van der Waals surface area contributed by atoms with Crippen molar-refractivity contribution >= 4 is 17.5 Å². The number of halogens is 1. The Labute approximate surface area is 112 Å². The maximum absolute atomic E-state index is 12.3. The van der Waals surface area contributed by atoms with Gasteiger partial charge in [-0.2, -0.15) is 0 Å². The number of hydrogen-bond acceptors (Lipinski definition) is 2. The molecule has 1 atom stereocenters. The largest absolute Gasteiger partial charge is 0.506 e. The van der Waals surface area contributed by atoms with Gasteiger partial charge < -0.3 is 10.0 Å². The van der Waals surface area contributed by atoms with Gasteiger partial charge in [0, 0.05) is 18.7 Å². The smallest absolute Gasteiger partial charge is 0.253 e. The summed E-state index contributed by atoms with van der Waals surface area (Å²) in [7, 11) is 0. The van der Waals surface area contributed by atoms with E-state index in [9.17, 15) is 9.90 Å². The van der Waals surface area contributed by atoms with E-state index in [1.54, 1.807) is 6.07 Å². The Morgan fingerprint density at radius 3 is 3.00 bits per heavy atom. The van der Waals surface area contributed by atoms with Crippen molar-refractivity contribution in [2.75, 3.05) is 13.1 Å². The Kier molecular flexibility index (Phi) is 4.12. The molecule has 1 heterocycles. The molecule has 3 nitrogen and oxygen atoms in total. The third-order valence-electron chi connectivity index (χ3n) is 3.58. The highest BCUT2D eigenvalue weighted by molar-refractivity contribution is 6.32. The molecule has 98 valence electrons. The molecule has 1 saturated heterocycles. The molecule has 0 aliphatic carbocycles. The second-order valence-corrected chi connectivity index (χ2v) is 5.24. The van der Waals surface area contributed by atoms with Crippen LogP contribution in [-0.4, -0.2) is 29.0 Å². The number of likely N-dealkylation sites (tertiary alicyclic amines) is 1. The normalized spacial score (nSPS) is 19.9. The molecule has 4 heteroatoms. The maximum atomic E-state index is 12.3. The lowest BCUT2D eigenvalue weighted by molar-refractivity contribution is 0.0671. The average molecular weight is 268 g/mol. The van der Waals surface area contributed by atoms with Crippen molar-refractivity contribution in [1.29, 1.82) is 0 Å². The molecule has 1 aliphatic heterocycles. The highest BCUT2D eigenvalue weighted by Gasteiger charge is 2.23. The Morgan fingerprint density at radius 1 is 1.56 bits per heavy atom. The van der Waals surface area contributed by atoms with Crippen LogP contribution in [0.1, 0.15) is 36.5 Å². The van der Waals surface area contributed by atoms with Gasteiger partial charge in [0.15, 0.2) is 0 Å². The summed E-state index contributed by atoms with van der Waals surface area (Å²) >= 11 is 5.83. The lowest BCUT2D eigenvalue weighted by Crippen LogP contribution is -2.39. The second-order valence-electron chi connectivity index (χ2n) is 4.83. The Hall–Kier alpha value is -1.22. The van der Waals surface area contributed by atoms with Crippen LogP contribution in [0, 0.1) is 5.92 Å². The van der Waals surface area contributed by atoms with Crippen molar-refractivity contribution in [2.24, 2.45) is 5.92 Å². The zero-order valence-corrected chi connectivity index (χ0v) is 11.3. The number of phenolic OH excluding ortho intramolecular Hbond substituents is 1. The summed E-state index contributed by atoms with van der Waals surface area (Å²) in [6, 6.07) is 4.63. The zero-order valence-electron chi connectivity index (χ0n) is 10.5. The number of piperidine rings is 1. The predicted molar refractivity (Wildman–Crippen MR) is 72.0 cm³/mol. The van der Waals surface area contributed by atoms with Gasteiger partial charge in [0.25, 0.3) is 5.91 Å². The second kappa shape index (κ2) is 5.61. The minimum atomic E-state index is 0.00931. The molecule has 0 radical (unpaired) electrons. The van der Waals surface area contributed by atoms with Crippen LogP contribution in [0.15, 0.2) is 18.2 Å². The Bertz CT molecular complexity index is 447. The number of carbonyl (C=O) groups is 1. The summed E-state index contributed by atoms with van der Waals surface area (Å²) in [5, 5.41) is 9.59. The predicted octanol–water partition coefficient (Wildman–Crippen LogP) is 3.31. The lowest BCUT2D eigenvalue weighted by atomic mass is 9.95. The fourth-order valence-electron chi connectivity index (χ4n) is 2.41. The first-order valence-electron chi connectivity index (χ1n) is 6.39. The Balaban J connectivity index is 2.12. The maximum Gasteiger partial charge on any atom is 0.253 e. The van der Waals surface area contributed by atoms with Gasteiger partial charge >= 0.3 is 0 Å². The van der Waals surface area contributed by atoms with E-state index in [0.717, 1.165) is 25.9 Å². The van der Waals surface area contributed by atoms with Crippen molar-refractivity contribution in [3.05, 3.63) is 28.8 Å². The third-order valence-corrected chi connectivity index (χ3v) is 3.88. The van der Waals surface area contributed by atoms with E-state index in [0.29, 0.717) is 11.5 Å². The van der Waals surface area contributed by atoms with Gasteiger partial charge in [-0.05, 0) is 37.0 Å². The summed E-state index contributed by atoms with van der Waals surface area (Å²) in [6.07, 6.45) is 3.38. The molecule has 0 bridgehead atoms. The molecule has 1 aromatic rings. The van der Waals surface area contributed by atoms with E-state index < -0.39 is 0 Å². The van der Waals surface area contributed by atoms with Crippen LogP contribution >= 0.6 is 11.6 Å². The number of nitrogens with zero attached hydrogens (tertiary/aromatic N) is 1. The first-order valence-corrected chi connectivity index (χ1v) is 6.77. The first kappa shape index (κ1) is 13.2.